The van der Waals surface area contributed by atoms with E-state index in [2.05, 4.69) is 5.32 Å². The number of nitrogens with zero attached hydrogens (tertiary/aromatic N) is 1. The first-order valence-electron chi connectivity index (χ1n) is 7.41. The molecule has 2 aromatic carbocycles. The van der Waals surface area contributed by atoms with Crippen LogP contribution in [0.3, 0.4) is 0 Å². The second-order valence-electron chi connectivity index (χ2n) is 5.58. The average molecular weight is 336 g/mol. The van der Waals surface area contributed by atoms with Crippen LogP contribution in [0.15, 0.2) is 36.4 Å². The maximum atomic E-state index is 13.6. The highest BCUT2D eigenvalue weighted by molar-refractivity contribution is 5.43. The van der Waals surface area contributed by atoms with Crippen LogP contribution in [-0.2, 0) is 0 Å². The van der Waals surface area contributed by atoms with E-state index in [-0.39, 0.29) is 18.3 Å². The summed E-state index contributed by atoms with van der Waals surface area (Å²) in [5.41, 5.74) is 0.798. The second kappa shape index (κ2) is 7.46. The van der Waals surface area contributed by atoms with Crippen molar-refractivity contribution in [2.75, 3.05) is 6.54 Å². The molecule has 2 aromatic rings. The Morgan fingerprint density at radius 1 is 1.25 bits per heavy atom. The van der Waals surface area contributed by atoms with E-state index >= 15 is 0 Å². The van der Waals surface area contributed by atoms with Gasteiger partial charge in [0.05, 0.1) is 16.6 Å². The van der Waals surface area contributed by atoms with Gasteiger partial charge in [-0.3, -0.25) is 10.1 Å². The molecule has 0 saturated heterocycles. The number of nitrogens with one attached hydrogen (secondary N) is 1. The molecule has 2 atom stereocenters. The van der Waals surface area contributed by atoms with Crippen molar-refractivity contribution in [2.45, 2.75) is 26.0 Å². The number of hydrogen-bond donors (Lipinski definition) is 2. The highest BCUT2D eigenvalue weighted by Gasteiger charge is 2.19. The van der Waals surface area contributed by atoms with Crippen LogP contribution < -0.4 is 5.32 Å². The molecule has 0 spiro atoms. The van der Waals surface area contributed by atoms with Gasteiger partial charge in [0.1, 0.15) is 11.6 Å². The molecule has 7 heteroatoms. The van der Waals surface area contributed by atoms with E-state index in [4.69, 9.17) is 0 Å². The number of benzene rings is 2. The predicted molar refractivity (Wildman–Crippen MR) is 85.6 cm³/mol. The van der Waals surface area contributed by atoms with Gasteiger partial charge >= 0.3 is 0 Å². The van der Waals surface area contributed by atoms with E-state index in [0.717, 1.165) is 12.1 Å². The smallest absolute Gasteiger partial charge is 0.272 e. The molecule has 0 aromatic heterocycles. The van der Waals surface area contributed by atoms with Crippen molar-refractivity contribution >= 4 is 5.69 Å². The average Bonchev–Trinajstić information content (AvgIpc) is 2.52. The van der Waals surface area contributed by atoms with Crippen molar-refractivity contribution in [1.29, 1.82) is 0 Å². The van der Waals surface area contributed by atoms with Crippen molar-refractivity contribution in [3.05, 3.63) is 74.8 Å². The van der Waals surface area contributed by atoms with Gasteiger partial charge in [0.2, 0.25) is 0 Å². The normalized spacial score (nSPS) is 13.5. The number of rotatable bonds is 6. The van der Waals surface area contributed by atoms with Gasteiger partial charge in [-0.1, -0.05) is 18.2 Å². The third-order valence-electron chi connectivity index (χ3n) is 3.88. The molecule has 0 heterocycles. The lowest BCUT2D eigenvalue weighted by Gasteiger charge is -2.18. The van der Waals surface area contributed by atoms with Crippen molar-refractivity contribution in [2.24, 2.45) is 0 Å². The first kappa shape index (κ1) is 18.0. The SMILES string of the molecule is Cc1ccc(C(C)NCC(O)c2c(F)cccc2F)cc1[N+](=O)[O-]. The highest BCUT2D eigenvalue weighted by atomic mass is 19.1. The molecule has 0 radical (unpaired) electrons. The molecular formula is C17H18F2N2O3. The lowest BCUT2D eigenvalue weighted by Crippen LogP contribution is -2.25. The van der Waals surface area contributed by atoms with Gasteiger partial charge in [-0.15, -0.1) is 0 Å². The number of aliphatic hydroxyl groups excluding tert-OH is 1. The van der Waals surface area contributed by atoms with Crippen LogP contribution in [0.25, 0.3) is 0 Å². The molecule has 0 aliphatic heterocycles. The van der Waals surface area contributed by atoms with E-state index in [0.29, 0.717) is 11.1 Å². The summed E-state index contributed by atoms with van der Waals surface area (Å²) < 4.78 is 27.3. The summed E-state index contributed by atoms with van der Waals surface area (Å²) >= 11 is 0. The van der Waals surface area contributed by atoms with E-state index in [1.165, 1.54) is 12.1 Å². The highest BCUT2D eigenvalue weighted by Crippen LogP contribution is 2.24. The largest absolute Gasteiger partial charge is 0.387 e. The zero-order valence-electron chi connectivity index (χ0n) is 13.3. The topological polar surface area (TPSA) is 75.4 Å². The van der Waals surface area contributed by atoms with Crippen LogP contribution in [0, 0.1) is 28.7 Å². The Hall–Kier alpha value is -2.38. The molecular weight excluding hydrogens is 318 g/mol. The summed E-state index contributed by atoms with van der Waals surface area (Å²) in [6, 6.07) is 7.86. The monoisotopic (exact) mass is 336 g/mol. The minimum atomic E-state index is -1.37. The summed E-state index contributed by atoms with van der Waals surface area (Å²) in [7, 11) is 0. The van der Waals surface area contributed by atoms with Crippen LogP contribution in [-0.4, -0.2) is 16.6 Å². The Morgan fingerprint density at radius 2 is 1.88 bits per heavy atom. The Kier molecular flexibility index (Phi) is 5.58. The number of aryl methyl sites for hydroxylation is 1. The van der Waals surface area contributed by atoms with Crippen molar-refractivity contribution in [3.63, 3.8) is 0 Å². The quantitative estimate of drug-likeness (QED) is 0.625. The summed E-state index contributed by atoms with van der Waals surface area (Å²) in [6.07, 6.45) is -1.37. The minimum Gasteiger partial charge on any atom is -0.387 e. The summed E-state index contributed by atoms with van der Waals surface area (Å²) in [4.78, 5) is 10.5. The maximum Gasteiger partial charge on any atom is 0.272 e. The van der Waals surface area contributed by atoms with Crippen molar-refractivity contribution in [1.82, 2.24) is 5.32 Å². The lowest BCUT2D eigenvalue weighted by molar-refractivity contribution is -0.385. The standard InChI is InChI=1S/C17H18F2N2O3/c1-10-6-7-12(8-15(10)21(23)24)11(2)20-9-16(22)17-13(18)4-3-5-14(17)19/h3-8,11,16,20,22H,9H2,1-2H3. The maximum absolute atomic E-state index is 13.6. The molecule has 0 amide bonds. The van der Waals surface area contributed by atoms with Gasteiger partial charge in [-0.2, -0.15) is 0 Å². The first-order chi connectivity index (χ1) is 11.3. The molecule has 0 fully saturated rings. The molecule has 0 bridgehead atoms. The molecule has 2 rings (SSSR count). The van der Waals surface area contributed by atoms with Crippen LogP contribution in [0.5, 0.6) is 0 Å². The van der Waals surface area contributed by atoms with Crippen LogP contribution in [0.2, 0.25) is 0 Å². The van der Waals surface area contributed by atoms with Gasteiger partial charge in [0.25, 0.3) is 5.69 Å². The predicted octanol–water partition coefficient (Wildman–Crippen LogP) is 3.57. The van der Waals surface area contributed by atoms with Crippen LogP contribution in [0.4, 0.5) is 14.5 Å². The van der Waals surface area contributed by atoms with Crippen LogP contribution in [0.1, 0.15) is 35.8 Å². The summed E-state index contributed by atoms with van der Waals surface area (Å²) in [5, 5.41) is 23.9. The van der Waals surface area contributed by atoms with Crippen molar-refractivity contribution in [3.8, 4) is 0 Å². The molecule has 5 nitrogen and oxygen atoms in total. The fourth-order valence-corrected chi connectivity index (χ4v) is 2.43. The van der Waals surface area contributed by atoms with Gasteiger partial charge in [-0.05, 0) is 31.5 Å². The Bertz CT molecular complexity index is 732. The number of halogens is 2. The number of aliphatic hydroxyl groups is 1. The number of nitro benzene ring substituents is 1. The molecule has 0 aliphatic carbocycles. The minimum absolute atomic E-state index is 0.00171. The zero-order valence-corrected chi connectivity index (χ0v) is 13.3. The number of nitro groups is 1. The summed E-state index contributed by atoms with van der Waals surface area (Å²) in [6.45, 7) is 3.30. The van der Waals surface area contributed by atoms with Gasteiger partial charge in [-0.25, -0.2) is 8.78 Å². The molecule has 128 valence electrons. The summed E-state index contributed by atoms with van der Waals surface area (Å²) in [5.74, 6) is -1.63. The molecule has 0 saturated carbocycles. The van der Waals surface area contributed by atoms with Gasteiger partial charge in [0.15, 0.2) is 0 Å². The van der Waals surface area contributed by atoms with E-state index in [9.17, 15) is 24.0 Å². The fourth-order valence-electron chi connectivity index (χ4n) is 2.43. The zero-order chi connectivity index (χ0) is 17.9. The number of hydrogen-bond acceptors (Lipinski definition) is 4. The van der Waals surface area contributed by atoms with E-state index < -0.39 is 28.2 Å². The van der Waals surface area contributed by atoms with Gasteiger partial charge in [0, 0.05) is 24.2 Å². The van der Waals surface area contributed by atoms with Gasteiger partial charge < -0.3 is 10.4 Å². The third kappa shape index (κ3) is 3.93. The van der Waals surface area contributed by atoms with E-state index in [1.807, 2.05) is 0 Å². The molecule has 24 heavy (non-hydrogen) atoms. The Morgan fingerprint density at radius 3 is 2.46 bits per heavy atom. The fraction of sp³-hybridized carbons (Fsp3) is 0.294. The third-order valence-corrected chi connectivity index (χ3v) is 3.88. The van der Waals surface area contributed by atoms with Crippen molar-refractivity contribution < 1.29 is 18.8 Å². The second-order valence-corrected chi connectivity index (χ2v) is 5.58. The lowest BCUT2D eigenvalue weighted by atomic mass is 10.0. The van der Waals surface area contributed by atoms with Crippen LogP contribution >= 0.6 is 0 Å². The molecule has 2 N–H and O–H groups in total. The molecule has 0 aliphatic rings. The molecule has 2 unspecified atom stereocenters. The Labute approximate surface area is 138 Å². The van der Waals surface area contributed by atoms with E-state index in [1.54, 1.807) is 26.0 Å². The first-order valence-corrected chi connectivity index (χ1v) is 7.41. The Balaban J connectivity index is 2.09.